The van der Waals surface area contributed by atoms with Crippen LogP contribution in [0, 0.1) is 0 Å². The van der Waals surface area contributed by atoms with Gasteiger partial charge in [0.15, 0.2) is 0 Å². The summed E-state index contributed by atoms with van der Waals surface area (Å²) in [6, 6.07) is 0. The van der Waals surface area contributed by atoms with Crippen LogP contribution in [0.5, 0.6) is 0 Å². The summed E-state index contributed by atoms with van der Waals surface area (Å²) in [6.45, 7) is 0. The summed E-state index contributed by atoms with van der Waals surface area (Å²) in [7, 11) is 0. The Morgan fingerprint density at radius 1 is 0.600 bits per heavy atom. The van der Waals surface area contributed by atoms with Gasteiger partial charge in [-0.3, -0.25) is 0 Å². The van der Waals surface area contributed by atoms with Crippen molar-refractivity contribution in [1.29, 1.82) is 0 Å². The second kappa shape index (κ2) is 54.3. The van der Waals surface area contributed by atoms with Crippen molar-refractivity contribution in [3.05, 3.63) is 0 Å². The van der Waals surface area contributed by atoms with E-state index in [0.29, 0.717) is 0 Å². The van der Waals surface area contributed by atoms with Crippen LogP contribution in [-0.2, 0) is 0 Å². The molecule has 0 atom stereocenters. The van der Waals surface area contributed by atoms with E-state index in [9.17, 15) is 0 Å². The maximum atomic E-state index is 0. The minimum atomic E-state index is 0. The molecule has 0 aromatic rings. The summed E-state index contributed by atoms with van der Waals surface area (Å²) in [5.41, 5.74) is 0. The molecule has 0 fully saturated rings. The minimum absolute atomic E-state index is 0. The monoisotopic (exact) mass is 222 g/mol. The number of hydrogen-bond acceptors (Lipinski definition) is 0. The van der Waals surface area contributed by atoms with Crippen LogP contribution < -0.4 is 24.8 Å². The molecule has 0 heterocycles. The van der Waals surface area contributed by atoms with E-state index in [1.165, 1.54) is 0 Å². The Balaban J connectivity index is 0. The summed E-state index contributed by atoms with van der Waals surface area (Å²) in [4.78, 5) is 0. The molecule has 0 saturated carbocycles. The van der Waals surface area contributed by atoms with Crippen LogP contribution in [0.4, 0.5) is 0 Å². The normalized spacial score (nSPS) is 0. The van der Waals surface area contributed by atoms with Crippen LogP contribution in [0.1, 0.15) is 14.9 Å². The molecule has 0 bridgehead atoms. The van der Waals surface area contributed by atoms with Gasteiger partial charge in [0.25, 0.3) is 0 Å². The van der Waals surface area contributed by atoms with E-state index in [-0.39, 0.29) is 63.6 Å². The van der Waals surface area contributed by atoms with E-state index in [0.717, 1.165) is 0 Å². The molecule has 0 amide bonds. The van der Waals surface area contributed by atoms with Crippen molar-refractivity contribution in [3.63, 3.8) is 0 Å². The van der Waals surface area contributed by atoms with Gasteiger partial charge in [-0.15, -0.1) is 0 Å². The van der Waals surface area contributed by atoms with Gasteiger partial charge in [0.1, 0.15) is 0 Å². The zero-order valence-corrected chi connectivity index (χ0v) is 5.62. The average molecular weight is 222 g/mol. The summed E-state index contributed by atoms with van der Waals surface area (Å²) >= 11 is 0. The topological polar surface area (TPSA) is 0 Å². The first-order valence-corrected chi connectivity index (χ1v) is 0. The van der Waals surface area contributed by atoms with Gasteiger partial charge in [-0.2, -0.15) is 0 Å². The molecule has 2 radical (unpaired) electrons. The quantitative estimate of drug-likeness (QED) is 0.359. The van der Waals surface area contributed by atoms with Gasteiger partial charge in [-0.05, 0) is 0 Å². The van der Waals surface area contributed by atoms with E-state index >= 15 is 0 Å². The number of hydrogen-bond donors (Lipinski definition) is 0. The summed E-state index contributed by atoms with van der Waals surface area (Å²) in [6.07, 6.45) is 0. The van der Waals surface area contributed by atoms with Crippen LogP contribution in [0.3, 0.4) is 0 Å². The Morgan fingerprint density at radius 2 is 0.600 bits per heavy atom. The van der Waals surface area contributed by atoms with Crippen LogP contribution in [0.25, 0.3) is 0 Å². The third-order valence-corrected chi connectivity index (χ3v) is 0. The van der Waals surface area contributed by atoms with Crippen molar-refractivity contribution in [2.24, 2.45) is 0 Å². The standard InChI is InChI=1S/2CH4.2ClH.Sn/h2*1H4;2*1H;/q;;;;+2/p-2. The molecule has 0 nitrogen and oxygen atoms in total. The Hall–Kier alpha value is 1.38. The van der Waals surface area contributed by atoms with Gasteiger partial charge in [0.2, 0.25) is 0 Å². The van der Waals surface area contributed by atoms with Gasteiger partial charge in [-0.1, -0.05) is 14.9 Å². The Kier molecular flexibility index (Phi) is 1050. The van der Waals surface area contributed by atoms with Gasteiger partial charge >= 0.3 is 23.9 Å². The predicted molar refractivity (Wildman–Crippen MR) is 19.2 cm³/mol. The maximum Gasteiger partial charge on any atom is 2.00 e. The van der Waals surface area contributed by atoms with Crippen molar-refractivity contribution in [1.82, 2.24) is 0 Å². The van der Waals surface area contributed by atoms with Crippen molar-refractivity contribution in [2.45, 2.75) is 14.9 Å². The third kappa shape index (κ3) is 32.3. The van der Waals surface area contributed by atoms with Crippen molar-refractivity contribution >= 4 is 23.9 Å². The molecule has 0 aliphatic carbocycles. The zero-order chi connectivity index (χ0) is 0. The molecule has 0 rings (SSSR count). The van der Waals surface area contributed by atoms with Crippen LogP contribution in [-0.4, -0.2) is 23.9 Å². The Morgan fingerprint density at radius 3 is 0.600 bits per heavy atom. The summed E-state index contributed by atoms with van der Waals surface area (Å²) in [5.74, 6) is 0. The molecule has 34 valence electrons. The fourth-order valence-electron chi connectivity index (χ4n) is 0. The average Bonchev–Trinajstić information content (AvgIpc) is 0. The van der Waals surface area contributed by atoms with Crippen LogP contribution in [0.15, 0.2) is 0 Å². The predicted octanol–water partition coefficient (Wildman–Crippen LogP) is -5.10. The van der Waals surface area contributed by atoms with Crippen LogP contribution >= 0.6 is 0 Å². The summed E-state index contributed by atoms with van der Waals surface area (Å²) < 4.78 is 0. The molecule has 0 aromatic heterocycles. The van der Waals surface area contributed by atoms with Gasteiger partial charge in [-0.25, -0.2) is 0 Å². The van der Waals surface area contributed by atoms with Crippen molar-refractivity contribution in [3.8, 4) is 0 Å². The smallest absolute Gasteiger partial charge is 1.00 e. The van der Waals surface area contributed by atoms with E-state index in [2.05, 4.69) is 0 Å². The maximum absolute atomic E-state index is 0. The molecular weight excluding hydrogens is 214 g/mol. The SMILES string of the molecule is C.C.[Cl-].[Cl-].[Sn+2]. The van der Waals surface area contributed by atoms with Gasteiger partial charge in [0, 0.05) is 0 Å². The van der Waals surface area contributed by atoms with E-state index in [4.69, 9.17) is 0 Å². The van der Waals surface area contributed by atoms with Crippen molar-refractivity contribution < 1.29 is 24.8 Å². The zero-order valence-electron chi connectivity index (χ0n) is 1.26. The first-order valence-electron chi connectivity index (χ1n) is 0. The second-order valence-electron chi connectivity index (χ2n) is 0. The van der Waals surface area contributed by atoms with Gasteiger partial charge in [0.05, 0.1) is 0 Å². The van der Waals surface area contributed by atoms with Gasteiger partial charge < -0.3 is 24.8 Å². The molecule has 0 aromatic carbocycles. The number of rotatable bonds is 0. The summed E-state index contributed by atoms with van der Waals surface area (Å²) in [5, 5.41) is 0. The first-order chi connectivity index (χ1) is 0. The Labute approximate surface area is 63.5 Å². The molecule has 0 aliphatic rings. The first kappa shape index (κ1) is 97.1. The van der Waals surface area contributed by atoms with E-state index in [1.807, 2.05) is 0 Å². The van der Waals surface area contributed by atoms with Crippen LogP contribution in [0.2, 0.25) is 0 Å². The molecule has 3 heteroatoms. The van der Waals surface area contributed by atoms with E-state index < -0.39 is 0 Å². The number of halogens is 2. The molecular formula is C2H8Cl2Sn. The molecule has 0 N–H and O–H groups in total. The molecule has 5 heavy (non-hydrogen) atoms. The third-order valence-electron chi connectivity index (χ3n) is 0. The molecule has 0 spiro atoms. The molecule has 0 aliphatic heterocycles. The fourth-order valence-corrected chi connectivity index (χ4v) is 0. The molecule has 0 saturated heterocycles. The second-order valence-corrected chi connectivity index (χ2v) is 0. The Bertz CT molecular complexity index is 7.61. The van der Waals surface area contributed by atoms with Crippen molar-refractivity contribution in [2.75, 3.05) is 0 Å². The molecule has 0 unspecified atom stereocenters. The fraction of sp³-hybridized carbons (Fsp3) is 1.00. The largest absolute Gasteiger partial charge is 2.00 e. The minimum Gasteiger partial charge on any atom is -1.00 e. The van der Waals surface area contributed by atoms with E-state index in [1.54, 1.807) is 0 Å².